The number of aromatic nitrogens is 2. The quantitative estimate of drug-likeness (QED) is 0.516. The summed E-state index contributed by atoms with van der Waals surface area (Å²) >= 11 is 0. The van der Waals surface area contributed by atoms with Crippen LogP contribution in [-0.4, -0.2) is 15.5 Å². The van der Waals surface area contributed by atoms with E-state index < -0.39 is 5.91 Å². The van der Waals surface area contributed by atoms with Crippen LogP contribution >= 0.6 is 0 Å². The van der Waals surface area contributed by atoms with Gasteiger partial charge in [-0.05, 0) is 84.8 Å². The first-order chi connectivity index (χ1) is 15.4. The van der Waals surface area contributed by atoms with Gasteiger partial charge in [0.05, 0.1) is 16.6 Å². The third-order valence-electron chi connectivity index (χ3n) is 6.56. The molecule has 1 aliphatic rings. The number of rotatable bonds is 3. The Morgan fingerprint density at radius 2 is 1.75 bits per heavy atom. The first kappa shape index (κ1) is 19.9. The molecule has 2 N–H and O–H groups in total. The van der Waals surface area contributed by atoms with Crippen molar-refractivity contribution in [3.63, 3.8) is 0 Å². The lowest BCUT2D eigenvalue weighted by molar-refractivity contribution is 0.0999. The lowest BCUT2D eigenvalue weighted by Gasteiger charge is -2.18. The third kappa shape index (κ3) is 2.89. The van der Waals surface area contributed by atoms with Crippen molar-refractivity contribution in [2.45, 2.75) is 27.2 Å². The number of para-hydroxylation sites is 1. The van der Waals surface area contributed by atoms with Crippen LogP contribution < -0.4 is 11.3 Å². The molecule has 0 radical (unpaired) electrons. The number of fused-ring (bicyclic) bond motifs is 2. The highest BCUT2D eigenvalue weighted by molar-refractivity contribution is 6.00. The zero-order valence-electron chi connectivity index (χ0n) is 18.3. The number of hydrogen-bond acceptors (Lipinski definition) is 3. The second-order valence-corrected chi connectivity index (χ2v) is 8.35. The molecule has 5 nitrogen and oxygen atoms in total. The fourth-order valence-electron chi connectivity index (χ4n) is 4.74. The van der Waals surface area contributed by atoms with Gasteiger partial charge in [0.2, 0.25) is 5.91 Å². The Labute approximate surface area is 185 Å². The molecule has 5 heteroatoms. The first-order valence-electron chi connectivity index (χ1n) is 10.6. The Morgan fingerprint density at radius 1 is 0.969 bits per heavy atom. The van der Waals surface area contributed by atoms with Crippen molar-refractivity contribution in [3.05, 3.63) is 99.1 Å². The second-order valence-electron chi connectivity index (χ2n) is 8.35. The molecule has 0 fully saturated rings. The molecule has 1 aliphatic carbocycles. The van der Waals surface area contributed by atoms with E-state index in [4.69, 9.17) is 5.73 Å². The van der Waals surface area contributed by atoms with Crippen LogP contribution in [0.15, 0.2) is 71.3 Å². The highest BCUT2D eigenvalue weighted by Crippen LogP contribution is 2.42. The number of allylic oxidation sites excluding steroid dienone is 2. The molecule has 0 saturated heterocycles. The molecule has 32 heavy (non-hydrogen) atoms. The van der Waals surface area contributed by atoms with Gasteiger partial charge in [-0.25, -0.2) is 4.98 Å². The average molecular weight is 422 g/mol. The van der Waals surface area contributed by atoms with Gasteiger partial charge < -0.3 is 5.73 Å². The molecule has 1 amide bonds. The summed E-state index contributed by atoms with van der Waals surface area (Å²) in [6, 6.07) is 17.1. The molecule has 0 saturated carbocycles. The predicted octanol–water partition coefficient (Wildman–Crippen LogP) is 4.81. The molecule has 3 aromatic carbocycles. The predicted molar refractivity (Wildman–Crippen MR) is 128 cm³/mol. The number of carbonyl (C=O) groups excluding carboxylic acids is 1. The number of primary amides is 1. The first-order valence-corrected chi connectivity index (χ1v) is 10.6. The van der Waals surface area contributed by atoms with E-state index in [1.807, 2.05) is 49.4 Å². The van der Waals surface area contributed by atoms with Crippen LogP contribution in [0.1, 0.15) is 40.9 Å². The Kier molecular flexibility index (Phi) is 4.55. The summed E-state index contributed by atoms with van der Waals surface area (Å²) in [7, 11) is 0. The molecule has 158 valence electrons. The third-order valence-corrected chi connectivity index (χ3v) is 6.56. The minimum absolute atomic E-state index is 0.0999. The topological polar surface area (TPSA) is 78.0 Å². The Bertz CT molecular complexity index is 1530. The highest BCUT2D eigenvalue weighted by atomic mass is 16.1. The van der Waals surface area contributed by atoms with E-state index in [1.165, 1.54) is 11.1 Å². The van der Waals surface area contributed by atoms with Crippen LogP contribution in [0.2, 0.25) is 0 Å². The maximum Gasteiger partial charge on any atom is 0.265 e. The van der Waals surface area contributed by atoms with Crippen LogP contribution in [0.25, 0.3) is 33.3 Å². The van der Waals surface area contributed by atoms with E-state index in [1.54, 1.807) is 17.0 Å². The minimum Gasteiger partial charge on any atom is -0.366 e. The van der Waals surface area contributed by atoms with Crippen LogP contribution in [0.3, 0.4) is 0 Å². The molecule has 0 bridgehead atoms. The summed E-state index contributed by atoms with van der Waals surface area (Å²) in [6.45, 7) is 6.20. The van der Waals surface area contributed by atoms with Crippen LogP contribution in [0, 0.1) is 6.92 Å². The van der Waals surface area contributed by atoms with Gasteiger partial charge in [0.25, 0.3) is 5.56 Å². The zero-order chi connectivity index (χ0) is 22.6. The van der Waals surface area contributed by atoms with E-state index in [2.05, 4.69) is 24.9 Å². The number of nitrogens with two attached hydrogens (primary N) is 1. The van der Waals surface area contributed by atoms with Gasteiger partial charge >= 0.3 is 0 Å². The van der Waals surface area contributed by atoms with Gasteiger partial charge in [-0.15, -0.1) is 0 Å². The van der Waals surface area contributed by atoms with Crippen molar-refractivity contribution in [1.29, 1.82) is 0 Å². The van der Waals surface area contributed by atoms with Crippen LogP contribution in [0.5, 0.6) is 0 Å². The van der Waals surface area contributed by atoms with Gasteiger partial charge in [-0.3, -0.25) is 14.2 Å². The summed E-state index contributed by atoms with van der Waals surface area (Å²) in [5.74, 6) is -0.408. The van der Waals surface area contributed by atoms with Crippen LogP contribution in [-0.2, 0) is 6.42 Å². The molecule has 0 unspecified atom stereocenters. The van der Waals surface area contributed by atoms with Crippen molar-refractivity contribution in [2.24, 2.45) is 5.73 Å². The lowest BCUT2D eigenvalue weighted by Crippen LogP contribution is -2.19. The van der Waals surface area contributed by atoms with E-state index in [0.29, 0.717) is 16.5 Å². The molecule has 1 heterocycles. The molecular formula is C27H23N3O2. The van der Waals surface area contributed by atoms with Gasteiger partial charge in [0.15, 0.2) is 0 Å². The zero-order valence-corrected chi connectivity index (χ0v) is 18.3. The van der Waals surface area contributed by atoms with Crippen molar-refractivity contribution in [1.82, 2.24) is 9.55 Å². The molecule has 1 aromatic heterocycles. The smallest absolute Gasteiger partial charge is 0.265 e. The van der Waals surface area contributed by atoms with Crippen molar-refractivity contribution >= 4 is 22.4 Å². The van der Waals surface area contributed by atoms with Crippen molar-refractivity contribution in [2.75, 3.05) is 0 Å². The average Bonchev–Trinajstić information content (AvgIpc) is 3.08. The van der Waals surface area contributed by atoms with Gasteiger partial charge in [0.1, 0.15) is 6.33 Å². The SMILES string of the molecule is CC1=C(C)c2c(-c3cccc(-n4cnc5ccccc5c4=O)c3C)ccc(C(N)=O)c2C1. The molecule has 5 rings (SSSR count). The van der Waals surface area contributed by atoms with Gasteiger partial charge in [-0.2, -0.15) is 0 Å². The Hall–Kier alpha value is -3.99. The van der Waals surface area contributed by atoms with E-state index in [0.717, 1.165) is 39.9 Å². The largest absolute Gasteiger partial charge is 0.366 e. The number of benzene rings is 3. The summed E-state index contributed by atoms with van der Waals surface area (Å²) in [6.07, 6.45) is 2.31. The Balaban J connectivity index is 1.75. The Morgan fingerprint density at radius 3 is 2.53 bits per heavy atom. The molecule has 4 aromatic rings. The van der Waals surface area contributed by atoms with Gasteiger partial charge in [0, 0.05) is 5.56 Å². The fraction of sp³-hybridized carbons (Fsp3) is 0.148. The van der Waals surface area contributed by atoms with Crippen molar-refractivity contribution in [3.8, 4) is 16.8 Å². The molecule has 0 spiro atoms. The summed E-state index contributed by atoms with van der Waals surface area (Å²) in [5, 5.41) is 0.584. The monoisotopic (exact) mass is 421 g/mol. The maximum absolute atomic E-state index is 13.2. The minimum atomic E-state index is -0.408. The van der Waals surface area contributed by atoms with E-state index in [-0.39, 0.29) is 5.56 Å². The van der Waals surface area contributed by atoms with Crippen molar-refractivity contribution < 1.29 is 4.79 Å². The number of nitrogens with zero attached hydrogens (tertiary/aromatic N) is 2. The molecular weight excluding hydrogens is 398 g/mol. The maximum atomic E-state index is 13.2. The second kappa shape index (κ2) is 7.31. The standard InChI is InChI=1S/C27H23N3O2/c1-15-13-22-20(26(28)31)12-11-19(25(22)16(15)2)18-8-6-10-24(17(18)3)30-14-29-23-9-5-4-7-21(23)27(30)32/h4-12,14H,13H2,1-3H3,(H2,28,31). The molecule has 0 atom stereocenters. The van der Waals surface area contributed by atoms with Crippen LogP contribution in [0.4, 0.5) is 0 Å². The summed E-state index contributed by atoms with van der Waals surface area (Å²) in [4.78, 5) is 29.7. The highest BCUT2D eigenvalue weighted by Gasteiger charge is 2.25. The van der Waals surface area contributed by atoms with Gasteiger partial charge in [-0.1, -0.05) is 35.9 Å². The van der Waals surface area contributed by atoms with E-state index >= 15 is 0 Å². The number of amides is 1. The fourth-order valence-corrected chi connectivity index (χ4v) is 4.74. The summed E-state index contributed by atoms with van der Waals surface area (Å²) < 4.78 is 1.60. The molecule has 0 aliphatic heterocycles. The van der Waals surface area contributed by atoms with E-state index in [9.17, 15) is 9.59 Å². The summed E-state index contributed by atoms with van der Waals surface area (Å²) in [5.41, 5.74) is 15.1. The lowest BCUT2D eigenvalue weighted by atomic mass is 9.88. The normalized spacial score (nSPS) is 13.0. The number of carbonyl (C=O) groups is 1. The number of hydrogen-bond donors (Lipinski definition) is 1.